The Bertz CT molecular complexity index is 156. The van der Waals surface area contributed by atoms with Crippen molar-refractivity contribution in [2.45, 2.75) is 44.8 Å². The summed E-state index contributed by atoms with van der Waals surface area (Å²) in [5.41, 5.74) is -1.08. The standard InChI is InChI=1S/C9H17F2NO/c1-7(2)13-6-9(8(10)11)4-3-5-12-9/h7-8,12H,3-6H2,1-2H3. The lowest BCUT2D eigenvalue weighted by Crippen LogP contribution is -2.51. The van der Waals surface area contributed by atoms with Gasteiger partial charge >= 0.3 is 0 Å². The Labute approximate surface area is 77.6 Å². The molecule has 78 valence electrons. The Hall–Kier alpha value is -0.220. The molecule has 0 aromatic carbocycles. The second-order valence-corrected chi connectivity index (χ2v) is 3.85. The third-order valence-electron chi connectivity index (χ3n) is 2.37. The van der Waals surface area contributed by atoms with Crippen molar-refractivity contribution in [3.8, 4) is 0 Å². The van der Waals surface area contributed by atoms with E-state index in [1.807, 2.05) is 13.8 Å². The van der Waals surface area contributed by atoms with Gasteiger partial charge in [-0.2, -0.15) is 0 Å². The fourth-order valence-corrected chi connectivity index (χ4v) is 1.52. The van der Waals surface area contributed by atoms with E-state index in [0.717, 1.165) is 6.42 Å². The van der Waals surface area contributed by atoms with Gasteiger partial charge in [0, 0.05) is 0 Å². The highest BCUT2D eigenvalue weighted by Gasteiger charge is 2.42. The van der Waals surface area contributed by atoms with Crippen LogP contribution in [0.2, 0.25) is 0 Å². The van der Waals surface area contributed by atoms with Gasteiger partial charge in [-0.1, -0.05) is 0 Å². The predicted octanol–water partition coefficient (Wildman–Crippen LogP) is 1.80. The van der Waals surface area contributed by atoms with E-state index < -0.39 is 12.0 Å². The zero-order chi connectivity index (χ0) is 9.90. The summed E-state index contributed by atoms with van der Waals surface area (Å²) < 4.78 is 30.7. The normalized spacial score (nSPS) is 29.1. The Morgan fingerprint density at radius 2 is 2.15 bits per heavy atom. The van der Waals surface area contributed by atoms with E-state index in [4.69, 9.17) is 4.74 Å². The molecule has 0 aliphatic carbocycles. The van der Waals surface area contributed by atoms with Crippen LogP contribution in [0.25, 0.3) is 0 Å². The predicted molar refractivity (Wildman–Crippen MR) is 47.1 cm³/mol. The summed E-state index contributed by atoms with van der Waals surface area (Å²) in [5.74, 6) is 0. The molecule has 0 amide bonds. The summed E-state index contributed by atoms with van der Waals surface area (Å²) in [5, 5.41) is 2.85. The third-order valence-corrected chi connectivity index (χ3v) is 2.37. The van der Waals surface area contributed by atoms with Gasteiger partial charge in [-0.3, -0.25) is 0 Å². The van der Waals surface area contributed by atoms with E-state index in [-0.39, 0.29) is 12.7 Å². The van der Waals surface area contributed by atoms with E-state index >= 15 is 0 Å². The lowest BCUT2D eigenvalue weighted by Gasteiger charge is -2.29. The van der Waals surface area contributed by atoms with Crippen molar-refractivity contribution in [2.24, 2.45) is 0 Å². The molecule has 2 nitrogen and oxygen atoms in total. The smallest absolute Gasteiger partial charge is 0.258 e. The molecule has 1 rings (SSSR count). The molecule has 1 unspecified atom stereocenters. The highest BCUT2D eigenvalue weighted by atomic mass is 19.3. The van der Waals surface area contributed by atoms with Crippen LogP contribution in [0.4, 0.5) is 8.78 Å². The van der Waals surface area contributed by atoms with E-state index in [0.29, 0.717) is 13.0 Å². The van der Waals surface area contributed by atoms with Crippen LogP contribution in [-0.2, 0) is 4.74 Å². The molecule has 0 spiro atoms. The molecule has 1 saturated heterocycles. The van der Waals surface area contributed by atoms with E-state index in [2.05, 4.69) is 5.32 Å². The Morgan fingerprint density at radius 3 is 2.54 bits per heavy atom. The number of hydrogen-bond acceptors (Lipinski definition) is 2. The number of ether oxygens (including phenoxy) is 1. The molecular formula is C9H17F2NO. The molecule has 0 radical (unpaired) electrons. The van der Waals surface area contributed by atoms with Crippen LogP contribution >= 0.6 is 0 Å². The highest BCUT2D eigenvalue weighted by molar-refractivity contribution is 4.95. The summed E-state index contributed by atoms with van der Waals surface area (Å²) in [6.45, 7) is 4.50. The Morgan fingerprint density at radius 1 is 1.46 bits per heavy atom. The van der Waals surface area contributed by atoms with Crippen molar-refractivity contribution in [1.82, 2.24) is 5.32 Å². The molecule has 0 saturated carbocycles. The van der Waals surface area contributed by atoms with Gasteiger partial charge in [-0.15, -0.1) is 0 Å². The van der Waals surface area contributed by atoms with Gasteiger partial charge in [0.25, 0.3) is 6.43 Å². The van der Waals surface area contributed by atoms with E-state index in [1.54, 1.807) is 0 Å². The number of nitrogens with one attached hydrogen (secondary N) is 1. The fraction of sp³-hybridized carbons (Fsp3) is 1.00. The number of rotatable bonds is 4. The van der Waals surface area contributed by atoms with Crippen LogP contribution in [-0.4, -0.2) is 31.2 Å². The van der Waals surface area contributed by atoms with Crippen LogP contribution in [0.5, 0.6) is 0 Å². The minimum Gasteiger partial charge on any atom is -0.377 e. The number of hydrogen-bond donors (Lipinski definition) is 1. The van der Waals surface area contributed by atoms with Gasteiger partial charge in [-0.25, -0.2) is 8.78 Å². The minimum absolute atomic E-state index is 0.0121. The molecule has 0 aromatic rings. The van der Waals surface area contributed by atoms with Gasteiger partial charge in [0.15, 0.2) is 0 Å². The molecule has 4 heteroatoms. The molecule has 0 bridgehead atoms. The lowest BCUT2D eigenvalue weighted by molar-refractivity contribution is -0.0390. The van der Waals surface area contributed by atoms with Crippen molar-refractivity contribution < 1.29 is 13.5 Å². The first-order valence-electron chi connectivity index (χ1n) is 4.71. The molecule has 1 N–H and O–H groups in total. The Balaban J connectivity index is 2.47. The zero-order valence-corrected chi connectivity index (χ0v) is 8.15. The maximum Gasteiger partial charge on any atom is 0.258 e. The second kappa shape index (κ2) is 4.33. The molecule has 1 fully saturated rings. The van der Waals surface area contributed by atoms with Gasteiger partial charge in [0.2, 0.25) is 0 Å². The van der Waals surface area contributed by atoms with Crippen LogP contribution < -0.4 is 5.32 Å². The number of alkyl halides is 2. The monoisotopic (exact) mass is 193 g/mol. The van der Waals surface area contributed by atoms with Crippen molar-refractivity contribution in [3.05, 3.63) is 0 Å². The first-order chi connectivity index (χ1) is 6.07. The molecule has 13 heavy (non-hydrogen) atoms. The van der Waals surface area contributed by atoms with E-state index in [1.165, 1.54) is 0 Å². The summed E-state index contributed by atoms with van der Waals surface area (Å²) in [7, 11) is 0. The maximum atomic E-state index is 12.7. The molecule has 0 aromatic heterocycles. The van der Waals surface area contributed by atoms with Crippen molar-refractivity contribution in [3.63, 3.8) is 0 Å². The minimum atomic E-state index is -2.34. The van der Waals surface area contributed by atoms with Gasteiger partial charge < -0.3 is 10.1 Å². The SMILES string of the molecule is CC(C)OCC1(C(F)F)CCCN1. The molecule has 1 atom stereocenters. The molecule has 1 aliphatic rings. The average Bonchev–Trinajstić information content (AvgIpc) is 2.50. The zero-order valence-electron chi connectivity index (χ0n) is 8.15. The van der Waals surface area contributed by atoms with E-state index in [9.17, 15) is 8.78 Å². The quantitative estimate of drug-likeness (QED) is 0.735. The largest absolute Gasteiger partial charge is 0.377 e. The topological polar surface area (TPSA) is 21.3 Å². The van der Waals surface area contributed by atoms with Crippen LogP contribution in [0.15, 0.2) is 0 Å². The summed E-state index contributed by atoms with van der Waals surface area (Å²) in [6.07, 6.45) is -1.00. The summed E-state index contributed by atoms with van der Waals surface area (Å²) in [4.78, 5) is 0. The fourth-order valence-electron chi connectivity index (χ4n) is 1.52. The van der Waals surface area contributed by atoms with Crippen molar-refractivity contribution in [1.29, 1.82) is 0 Å². The first-order valence-corrected chi connectivity index (χ1v) is 4.71. The second-order valence-electron chi connectivity index (χ2n) is 3.85. The molecule has 1 aliphatic heterocycles. The number of halogens is 2. The molecule has 1 heterocycles. The summed E-state index contributed by atoms with van der Waals surface area (Å²) in [6, 6.07) is 0. The van der Waals surface area contributed by atoms with Gasteiger partial charge in [0.05, 0.1) is 12.7 Å². The van der Waals surface area contributed by atoms with Gasteiger partial charge in [-0.05, 0) is 33.2 Å². The molecular weight excluding hydrogens is 176 g/mol. The van der Waals surface area contributed by atoms with Crippen LogP contribution in [0.1, 0.15) is 26.7 Å². The van der Waals surface area contributed by atoms with Crippen molar-refractivity contribution >= 4 is 0 Å². The van der Waals surface area contributed by atoms with Crippen molar-refractivity contribution in [2.75, 3.05) is 13.2 Å². The van der Waals surface area contributed by atoms with Crippen LogP contribution in [0.3, 0.4) is 0 Å². The highest BCUT2D eigenvalue weighted by Crippen LogP contribution is 2.27. The summed E-state index contributed by atoms with van der Waals surface area (Å²) >= 11 is 0. The lowest BCUT2D eigenvalue weighted by atomic mass is 9.99. The average molecular weight is 193 g/mol. The first kappa shape index (κ1) is 10.9. The third kappa shape index (κ3) is 2.61. The van der Waals surface area contributed by atoms with Gasteiger partial charge in [0.1, 0.15) is 5.54 Å². The maximum absolute atomic E-state index is 12.7. The Kier molecular flexibility index (Phi) is 3.62. The van der Waals surface area contributed by atoms with Crippen LogP contribution in [0, 0.1) is 0 Å².